The van der Waals surface area contributed by atoms with E-state index in [1.54, 1.807) is 11.3 Å². The van der Waals surface area contributed by atoms with Gasteiger partial charge in [-0.25, -0.2) is 0 Å². The minimum atomic E-state index is 0.363. The van der Waals surface area contributed by atoms with E-state index >= 15 is 0 Å². The third-order valence-electron chi connectivity index (χ3n) is 3.87. The van der Waals surface area contributed by atoms with E-state index in [4.69, 9.17) is 5.26 Å². The van der Waals surface area contributed by atoms with E-state index in [1.807, 2.05) is 18.4 Å². The molecule has 2 nitrogen and oxygen atoms in total. The molecular weight excluding hydrogens is 276 g/mol. The molecule has 1 aromatic heterocycles. The zero-order valence-electron chi connectivity index (χ0n) is 13.3. The number of allylic oxidation sites excluding steroid dienone is 1. The van der Waals surface area contributed by atoms with E-state index in [9.17, 15) is 5.26 Å². The molecule has 21 heavy (non-hydrogen) atoms. The van der Waals surface area contributed by atoms with Gasteiger partial charge in [-0.1, -0.05) is 39.5 Å². The minimum absolute atomic E-state index is 0.363. The molecule has 0 amide bonds. The largest absolute Gasteiger partial charge is 0.193 e. The quantitative estimate of drug-likeness (QED) is 0.567. The summed E-state index contributed by atoms with van der Waals surface area (Å²) in [5.41, 5.74) is 2.61. The zero-order valence-corrected chi connectivity index (χ0v) is 14.1. The molecule has 0 aromatic carbocycles. The number of hydrogen-bond donors (Lipinski definition) is 0. The predicted molar refractivity (Wildman–Crippen MR) is 89.9 cm³/mol. The highest BCUT2D eigenvalue weighted by atomic mass is 32.1. The van der Waals surface area contributed by atoms with Crippen molar-refractivity contribution >= 4 is 17.4 Å². The smallest absolute Gasteiger partial charge is 0.100 e. The lowest BCUT2D eigenvalue weighted by Gasteiger charge is -2.15. The monoisotopic (exact) mass is 300 g/mol. The van der Waals surface area contributed by atoms with E-state index in [-0.39, 0.29) is 0 Å². The van der Waals surface area contributed by atoms with Gasteiger partial charge in [0.2, 0.25) is 0 Å². The van der Waals surface area contributed by atoms with Gasteiger partial charge < -0.3 is 0 Å². The Hall–Kier alpha value is -1.58. The molecule has 0 saturated carbocycles. The first kappa shape index (κ1) is 17.5. The highest BCUT2D eigenvalue weighted by Crippen LogP contribution is 2.29. The standard InChI is InChI=1S/C18H24N2S/c1-4-6-8-15(9-7-5-2)16(11-19)10-18-14(3)17(12-20)13-21-18/h10,13,15H,4-9H2,1-3H3/b16-10+. The summed E-state index contributed by atoms with van der Waals surface area (Å²) >= 11 is 1.56. The summed E-state index contributed by atoms with van der Waals surface area (Å²) in [5.74, 6) is 0.363. The van der Waals surface area contributed by atoms with Crippen molar-refractivity contribution in [3.63, 3.8) is 0 Å². The summed E-state index contributed by atoms with van der Waals surface area (Å²) in [6.07, 6.45) is 8.85. The van der Waals surface area contributed by atoms with Crippen molar-refractivity contribution in [1.82, 2.24) is 0 Å². The molecule has 0 fully saturated rings. The van der Waals surface area contributed by atoms with Gasteiger partial charge in [0.25, 0.3) is 0 Å². The van der Waals surface area contributed by atoms with E-state index in [0.717, 1.165) is 47.3 Å². The Labute approximate surface area is 132 Å². The molecule has 3 heteroatoms. The Balaban J connectivity index is 3.00. The third kappa shape index (κ3) is 5.03. The molecule has 0 aliphatic heterocycles. The minimum Gasteiger partial charge on any atom is -0.193 e. The third-order valence-corrected chi connectivity index (χ3v) is 4.90. The van der Waals surface area contributed by atoms with Crippen LogP contribution in [0.15, 0.2) is 11.0 Å². The Bertz CT molecular complexity index is 547. The Kier molecular flexibility index (Phi) is 7.80. The molecule has 0 bridgehead atoms. The van der Waals surface area contributed by atoms with Crippen molar-refractivity contribution in [3.05, 3.63) is 27.0 Å². The number of unbranched alkanes of at least 4 members (excludes halogenated alkanes) is 2. The molecule has 0 radical (unpaired) electrons. The van der Waals surface area contributed by atoms with Crippen LogP contribution in [0.5, 0.6) is 0 Å². The molecule has 0 aliphatic carbocycles. The number of hydrogen-bond acceptors (Lipinski definition) is 3. The lowest BCUT2D eigenvalue weighted by Crippen LogP contribution is -2.03. The van der Waals surface area contributed by atoms with Gasteiger partial charge in [0.05, 0.1) is 11.6 Å². The average molecular weight is 300 g/mol. The van der Waals surface area contributed by atoms with Crippen LogP contribution in [0.3, 0.4) is 0 Å². The Morgan fingerprint density at radius 2 is 1.86 bits per heavy atom. The highest BCUT2D eigenvalue weighted by Gasteiger charge is 2.15. The molecule has 0 spiro atoms. The first-order valence-corrected chi connectivity index (χ1v) is 8.65. The average Bonchev–Trinajstić information content (AvgIpc) is 2.85. The second-order valence-electron chi connectivity index (χ2n) is 5.44. The molecule has 0 aliphatic rings. The van der Waals surface area contributed by atoms with Crippen LogP contribution in [0.4, 0.5) is 0 Å². The van der Waals surface area contributed by atoms with Crippen LogP contribution in [0.1, 0.15) is 68.4 Å². The van der Waals surface area contributed by atoms with Crippen molar-refractivity contribution < 1.29 is 0 Å². The van der Waals surface area contributed by atoms with Crippen LogP contribution >= 0.6 is 11.3 Å². The fraction of sp³-hybridized carbons (Fsp3) is 0.556. The molecule has 1 aromatic rings. The number of nitrogens with zero attached hydrogens (tertiary/aromatic N) is 2. The van der Waals surface area contributed by atoms with E-state index in [0.29, 0.717) is 5.92 Å². The van der Waals surface area contributed by atoms with Gasteiger partial charge in [-0.05, 0) is 37.3 Å². The molecule has 112 valence electrons. The maximum atomic E-state index is 9.53. The Morgan fingerprint density at radius 1 is 1.24 bits per heavy atom. The zero-order chi connectivity index (χ0) is 15.7. The second-order valence-corrected chi connectivity index (χ2v) is 6.35. The summed E-state index contributed by atoms with van der Waals surface area (Å²) in [6, 6.07) is 4.61. The number of nitriles is 2. The molecule has 1 rings (SSSR count). The van der Waals surface area contributed by atoms with Gasteiger partial charge in [0, 0.05) is 15.8 Å². The van der Waals surface area contributed by atoms with Crippen molar-refractivity contribution in [2.24, 2.45) is 5.92 Å². The molecular formula is C18H24N2S. The fourth-order valence-corrected chi connectivity index (χ4v) is 3.38. The van der Waals surface area contributed by atoms with E-state index in [2.05, 4.69) is 26.0 Å². The fourth-order valence-electron chi connectivity index (χ4n) is 2.42. The van der Waals surface area contributed by atoms with Crippen LogP contribution in [0.25, 0.3) is 6.08 Å². The first-order chi connectivity index (χ1) is 10.2. The SMILES string of the molecule is CCCCC(CCCC)/C(C#N)=C/c1scc(C#N)c1C. The van der Waals surface area contributed by atoms with Crippen LogP contribution < -0.4 is 0 Å². The Morgan fingerprint density at radius 3 is 2.29 bits per heavy atom. The van der Waals surface area contributed by atoms with Crippen LogP contribution in [0.2, 0.25) is 0 Å². The summed E-state index contributed by atoms with van der Waals surface area (Å²) in [4.78, 5) is 1.06. The second kappa shape index (κ2) is 9.37. The molecule has 1 heterocycles. The van der Waals surface area contributed by atoms with Gasteiger partial charge in [0.1, 0.15) is 6.07 Å². The topological polar surface area (TPSA) is 47.6 Å². The number of rotatable bonds is 8. The normalized spacial score (nSPS) is 11.4. The maximum absolute atomic E-state index is 9.53. The summed E-state index contributed by atoms with van der Waals surface area (Å²) in [7, 11) is 0. The maximum Gasteiger partial charge on any atom is 0.100 e. The van der Waals surface area contributed by atoms with E-state index in [1.165, 1.54) is 12.8 Å². The molecule has 0 N–H and O–H groups in total. The molecule has 0 unspecified atom stereocenters. The van der Waals surface area contributed by atoms with Crippen LogP contribution in [-0.4, -0.2) is 0 Å². The molecule has 0 atom stereocenters. The van der Waals surface area contributed by atoms with Gasteiger partial charge in [0.15, 0.2) is 0 Å². The summed E-state index contributed by atoms with van der Waals surface area (Å²) < 4.78 is 0. The van der Waals surface area contributed by atoms with Crippen LogP contribution in [0, 0.1) is 35.5 Å². The van der Waals surface area contributed by atoms with Gasteiger partial charge in [-0.15, -0.1) is 11.3 Å². The lowest BCUT2D eigenvalue weighted by molar-refractivity contribution is 0.486. The summed E-state index contributed by atoms with van der Waals surface area (Å²) in [5, 5.41) is 20.4. The van der Waals surface area contributed by atoms with Crippen LogP contribution in [-0.2, 0) is 0 Å². The summed E-state index contributed by atoms with van der Waals surface area (Å²) in [6.45, 7) is 6.34. The van der Waals surface area contributed by atoms with E-state index < -0.39 is 0 Å². The lowest BCUT2D eigenvalue weighted by atomic mass is 9.88. The predicted octanol–water partition coefficient (Wildman–Crippen LogP) is 5.83. The molecule has 0 saturated heterocycles. The first-order valence-electron chi connectivity index (χ1n) is 7.77. The van der Waals surface area contributed by atoms with Gasteiger partial charge in [-0.3, -0.25) is 0 Å². The van der Waals surface area contributed by atoms with Crippen molar-refractivity contribution in [2.45, 2.75) is 59.3 Å². The van der Waals surface area contributed by atoms with Gasteiger partial charge in [-0.2, -0.15) is 10.5 Å². The highest BCUT2D eigenvalue weighted by molar-refractivity contribution is 7.11. The van der Waals surface area contributed by atoms with Crippen molar-refractivity contribution in [1.29, 1.82) is 10.5 Å². The van der Waals surface area contributed by atoms with Crippen molar-refractivity contribution in [2.75, 3.05) is 0 Å². The van der Waals surface area contributed by atoms with Crippen molar-refractivity contribution in [3.8, 4) is 12.1 Å². The van der Waals surface area contributed by atoms with Gasteiger partial charge >= 0.3 is 0 Å². The number of thiophene rings is 1.